The van der Waals surface area contributed by atoms with Gasteiger partial charge in [0.05, 0.1) is 18.5 Å². The van der Waals surface area contributed by atoms with Crippen molar-refractivity contribution in [3.05, 3.63) is 5.01 Å². The summed E-state index contributed by atoms with van der Waals surface area (Å²) >= 11 is 1.58. The molecule has 0 radical (unpaired) electrons. The van der Waals surface area contributed by atoms with Crippen LogP contribution in [0.15, 0.2) is 0 Å². The molecule has 0 bridgehead atoms. The molecule has 0 aliphatic rings. The second-order valence-electron chi connectivity index (χ2n) is 4.15. The van der Waals surface area contributed by atoms with Gasteiger partial charge in [0.2, 0.25) is 5.13 Å². The summed E-state index contributed by atoms with van der Waals surface area (Å²) in [6, 6.07) is 2.23. The first-order valence-corrected chi connectivity index (χ1v) is 6.61. The molecular weight excluding hydrogens is 234 g/mol. The topological polar surface area (TPSA) is 64.8 Å². The van der Waals surface area contributed by atoms with Gasteiger partial charge in [0.15, 0.2) is 0 Å². The zero-order valence-corrected chi connectivity index (χ0v) is 11.4. The molecule has 0 saturated carbocycles. The minimum atomic E-state index is 0.0469. The highest BCUT2D eigenvalue weighted by Crippen LogP contribution is 2.16. The van der Waals surface area contributed by atoms with Gasteiger partial charge in [-0.3, -0.25) is 4.90 Å². The lowest BCUT2D eigenvalue weighted by Crippen LogP contribution is -2.23. The van der Waals surface area contributed by atoms with Gasteiger partial charge in [-0.1, -0.05) is 18.3 Å². The van der Waals surface area contributed by atoms with Crippen LogP contribution in [-0.2, 0) is 6.54 Å². The highest BCUT2D eigenvalue weighted by atomic mass is 32.1. The van der Waals surface area contributed by atoms with Gasteiger partial charge in [0, 0.05) is 13.1 Å². The van der Waals surface area contributed by atoms with Crippen molar-refractivity contribution < 1.29 is 0 Å². The van der Waals surface area contributed by atoms with Gasteiger partial charge in [-0.2, -0.15) is 5.26 Å². The Labute approximate surface area is 106 Å². The minimum absolute atomic E-state index is 0.0469. The van der Waals surface area contributed by atoms with Crippen LogP contribution in [0, 0.1) is 17.2 Å². The maximum Gasteiger partial charge on any atom is 0.205 e. The summed E-state index contributed by atoms with van der Waals surface area (Å²) in [4.78, 5) is 2.10. The monoisotopic (exact) mass is 253 g/mol. The first-order chi connectivity index (χ1) is 8.15. The average molecular weight is 253 g/mol. The lowest BCUT2D eigenvalue weighted by Gasteiger charge is -2.15. The lowest BCUT2D eigenvalue weighted by molar-refractivity contribution is 0.302. The fourth-order valence-corrected chi connectivity index (χ4v) is 2.27. The smallest absolute Gasteiger partial charge is 0.205 e. The van der Waals surface area contributed by atoms with E-state index in [2.05, 4.69) is 33.4 Å². The van der Waals surface area contributed by atoms with E-state index in [1.807, 2.05) is 14.0 Å². The number of hydrogen-bond acceptors (Lipinski definition) is 6. The highest BCUT2D eigenvalue weighted by molar-refractivity contribution is 7.15. The summed E-state index contributed by atoms with van der Waals surface area (Å²) in [5.74, 6) is 0.0469. The molecule has 17 heavy (non-hydrogen) atoms. The Morgan fingerprint density at radius 2 is 2.29 bits per heavy atom. The molecule has 0 amide bonds. The van der Waals surface area contributed by atoms with Gasteiger partial charge in [-0.15, -0.1) is 10.2 Å². The van der Waals surface area contributed by atoms with Crippen LogP contribution < -0.4 is 5.32 Å². The number of aromatic nitrogens is 2. The minimum Gasteiger partial charge on any atom is -0.360 e. The molecule has 1 aromatic heterocycles. The van der Waals surface area contributed by atoms with Crippen molar-refractivity contribution >= 4 is 16.5 Å². The molecule has 6 heteroatoms. The Hall–Kier alpha value is -1.19. The van der Waals surface area contributed by atoms with Crippen LogP contribution in [0.2, 0.25) is 0 Å². The summed E-state index contributed by atoms with van der Waals surface area (Å²) < 4.78 is 0. The predicted octanol–water partition coefficient (Wildman–Crippen LogP) is 1.95. The van der Waals surface area contributed by atoms with E-state index < -0.39 is 0 Å². The SMILES string of the molecule is CCCNc1nnc(CN(C)CC(C)C#N)s1. The van der Waals surface area contributed by atoms with Gasteiger partial charge in [-0.25, -0.2) is 0 Å². The quantitative estimate of drug-likeness (QED) is 0.804. The van der Waals surface area contributed by atoms with Crippen LogP contribution in [0.3, 0.4) is 0 Å². The molecule has 5 nitrogen and oxygen atoms in total. The number of anilines is 1. The molecule has 0 aliphatic heterocycles. The molecule has 0 aromatic carbocycles. The van der Waals surface area contributed by atoms with Crippen molar-refractivity contribution in [2.45, 2.75) is 26.8 Å². The summed E-state index contributed by atoms with van der Waals surface area (Å²) in [7, 11) is 1.99. The van der Waals surface area contributed by atoms with Crippen molar-refractivity contribution in [1.29, 1.82) is 5.26 Å². The Balaban J connectivity index is 2.40. The van der Waals surface area contributed by atoms with Crippen LogP contribution in [0.4, 0.5) is 5.13 Å². The Morgan fingerprint density at radius 1 is 1.53 bits per heavy atom. The largest absolute Gasteiger partial charge is 0.360 e. The van der Waals surface area contributed by atoms with Crippen LogP contribution in [0.25, 0.3) is 0 Å². The molecular formula is C11H19N5S. The third-order valence-corrected chi connectivity index (χ3v) is 3.07. The van der Waals surface area contributed by atoms with E-state index in [9.17, 15) is 0 Å². The van der Waals surface area contributed by atoms with E-state index in [-0.39, 0.29) is 5.92 Å². The van der Waals surface area contributed by atoms with E-state index in [4.69, 9.17) is 5.26 Å². The van der Waals surface area contributed by atoms with Crippen molar-refractivity contribution in [2.24, 2.45) is 5.92 Å². The third-order valence-electron chi connectivity index (χ3n) is 2.20. The van der Waals surface area contributed by atoms with Gasteiger partial charge < -0.3 is 5.32 Å². The molecule has 1 unspecified atom stereocenters. The average Bonchev–Trinajstić information content (AvgIpc) is 2.73. The number of nitriles is 1. The molecule has 94 valence electrons. The summed E-state index contributed by atoms with van der Waals surface area (Å²) in [5, 5.41) is 22.0. The number of nitrogens with zero attached hydrogens (tertiary/aromatic N) is 4. The number of rotatable bonds is 7. The Kier molecular flexibility index (Phi) is 5.87. The zero-order valence-electron chi connectivity index (χ0n) is 10.6. The van der Waals surface area contributed by atoms with E-state index in [1.165, 1.54) is 0 Å². The lowest BCUT2D eigenvalue weighted by atomic mass is 10.2. The van der Waals surface area contributed by atoms with E-state index >= 15 is 0 Å². The fourth-order valence-electron chi connectivity index (χ4n) is 1.42. The molecule has 1 atom stereocenters. The van der Waals surface area contributed by atoms with E-state index in [0.29, 0.717) is 0 Å². The van der Waals surface area contributed by atoms with Crippen molar-refractivity contribution in [3.63, 3.8) is 0 Å². The van der Waals surface area contributed by atoms with Gasteiger partial charge >= 0.3 is 0 Å². The van der Waals surface area contributed by atoms with Crippen LogP contribution in [0.1, 0.15) is 25.3 Å². The second kappa shape index (κ2) is 7.20. The molecule has 0 saturated heterocycles. The second-order valence-corrected chi connectivity index (χ2v) is 5.22. The van der Waals surface area contributed by atoms with Crippen molar-refractivity contribution in [1.82, 2.24) is 15.1 Å². The molecule has 1 N–H and O–H groups in total. The van der Waals surface area contributed by atoms with Gasteiger partial charge in [0.25, 0.3) is 0 Å². The Bertz CT molecular complexity index is 370. The highest BCUT2D eigenvalue weighted by Gasteiger charge is 2.09. The predicted molar refractivity (Wildman–Crippen MR) is 69.8 cm³/mol. The summed E-state index contributed by atoms with van der Waals surface area (Å²) in [6.07, 6.45) is 1.08. The van der Waals surface area contributed by atoms with Gasteiger partial charge in [0.1, 0.15) is 5.01 Å². The molecule has 0 aliphatic carbocycles. The van der Waals surface area contributed by atoms with Crippen LogP contribution in [-0.4, -0.2) is 35.2 Å². The van der Waals surface area contributed by atoms with Crippen LogP contribution >= 0.6 is 11.3 Å². The number of hydrogen-bond donors (Lipinski definition) is 1. The molecule has 0 fully saturated rings. The number of nitrogens with one attached hydrogen (secondary N) is 1. The Morgan fingerprint density at radius 3 is 2.94 bits per heavy atom. The summed E-state index contributed by atoms with van der Waals surface area (Å²) in [5.41, 5.74) is 0. The van der Waals surface area contributed by atoms with Gasteiger partial charge in [-0.05, 0) is 20.4 Å². The van der Waals surface area contributed by atoms with E-state index in [1.54, 1.807) is 11.3 Å². The van der Waals surface area contributed by atoms with Crippen molar-refractivity contribution in [3.8, 4) is 6.07 Å². The van der Waals surface area contributed by atoms with E-state index in [0.717, 1.165) is 36.2 Å². The zero-order chi connectivity index (χ0) is 12.7. The first kappa shape index (κ1) is 13.9. The fraction of sp³-hybridized carbons (Fsp3) is 0.727. The molecule has 0 spiro atoms. The third kappa shape index (κ3) is 5.11. The first-order valence-electron chi connectivity index (χ1n) is 5.80. The molecule has 1 rings (SSSR count). The summed E-state index contributed by atoms with van der Waals surface area (Å²) in [6.45, 7) is 6.47. The molecule has 1 aromatic rings. The maximum atomic E-state index is 8.74. The van der Waals surface area contributed by atoms with Crippen LogP contribution in [0.5, 0.6) is 0 Å². The molecule has 1 heterocycles. The normalized spacial score (nSPS) is 12.4. The maximum absolute atomic E-state index is 8.74. The standard InChI is InChI=1S/C11H19N5S/c1-4-5-13-11-15-14-10(17-11)8-16(3)7-9(2)6-12/h9H,4-5,7-8H2,1-3H3,(H,13,15). The van der Waals surface area contributed by atoms with Crippen molar-refractivity contribution in [2.75, 3.05) is 25.5 Å².